The molecule has 1 aromatic heterocycles. The average molecular weight is 570 g/mol. The lowest BCUT2D eigenvalue weighted by Crippen LogP contribution is -2.55. The Morgan fingerprint density at radius 1 is 1.07 bits per heavy atom. The lowest BCUT2D eigenvalue weighted by molar-refractivity contribution is -0.137. The molecule has 2 aromatic carbocycles. The molecule has 0 saturated carbocycles. The van der Waals surface area contributed by atoms with Crippen LogP contribution in [-0.2, 0) is 6.18 Å². The van der Waals surface area contributed by atoms with Crippen LogP contribution in [0.4, 0.5) is 24.5 Å². The van der Waals surface area contributed by atoms with E-state index in [9.17, 15) is 22.8 Å². The van der Waals surface area contributed by atoms with Crippen LogP contribution in [0.15, 0.2) is 54.7 Å². The lowest BCUT2D eigenvalue weighted by atomic mass is 9.99. The summed E-state index contributed by atoms with van der Waals surface area (Å²) in [6.45, 7) is 5.36. The van der Waals surface area contributed by atoms with Crippen LogP contribution in [0.1, 0.15) is 46.5 Å². The average Bonchev–Trinajstić information content (AvgIpc) is 2.95. The van der Waals surface area contributed by atoms with Gasteiger partial charge in [-0.05, 0) is 61.4 Å². The van der Waals surface area contributed by atoms with Crippen LogP contribution in [0.3, 0.4) is 0 Å². The van der Waals surface area contributed by atoms with Gasteiger partial charge < -0.3 is 25.2 Å². The van der Waals surface area contributed by atoms with Crippen LogP contribution in [0.2, 0.25) is 0 Å². The zero-order valence-electron chi connectivity index (χ0n) is 23.5. The number of carbonyl (C=O) groups excluding carboxylic acids is 2. The molecule has 11 heteroatoms. The zero-order chi connectivity index (χ0) is 29.9. The molecule has 0 radical (unpaired) electrons. The summed E-state index contributed by atoms with van der Waals surface area (Å²) in [5.74, 6) is -0.472. The SMILES string of the molecule is CCOc1ncccc1-c1ccc(N2CCN(C(=O)c3ccc(C(F)(F)F)cc3N(C)C)C[C@H]2CC)c(C(N)=O)c1. The van der Waals surface area contributed by atoms with Crippen LogP contribution in [0, 0.1) is 0 Å². The Bertz CT molecular complexity index is 1430. The monoisotopic (exact) mass is 569 g/mol. The first-order chi connectivity index (χ1) is 19.5. The Morgan fingerprint density at radius 2 is 1.83 bits per heavy atom. The number of halogens is 3. The molecule has 0 aliphatic carbocycles. The summed E-state index contributed by atoms with van der Waals surface area (Å²) in [7, 11) is 3.22. The number of benzene rings is 2. The molecular formula is C30H34F3N5O3. The van der Waals surface area contributed by atoms with Gasteiger partial charge in [0, 0.05) is 62.9 Å². The molecule has 0 bridgehead atoms. The summed E-state index contributed by atoms with van der Waals surface area (Å²) in [4.78, 5) is 35.7. The summed E-state index contributed by atoms with van der Waals surface area (Å²) in [5, 5.41) is 0. The fraction of sp³-hybridized carbons (Fsp3) is 0.367. The van der Waals surface area contributed by atoms with Crippen molar-refractivity contribution in [1.29, 1.82) is 0 Å². The molecule has 1 aliphatic heterocycles. The maximum Gasteiger partial charge on any atom is 0.416 e. The number of amides is 2. The fourth-order valence-corrected chi connectivity index (χ4v) is 5.15. The number of ether oxygens (including phenoxy) is 1. The lowest BCUT2D eigenvalue weighted by Gasteiger charge is -2.43. The molecule has 2 amide bonds. The highest BCUT2D eigenvalue weighted by molar-refractivity contribution is 6.01. The third-order valence-corrected chi connectivity index (χ3v) is 7.21. The Labute approximate surface area is 237 Å². The van der Waals surface area contributed by atoms with E-state index in [1.54, 1.807) is 37.3 Å². The minimum atomic E-state index is -4.51. The number of anilines is 2. The van der Waals surface area contributed by atoms with Crippen molar-refractivity contribution in [2.75, 3.05) is 50.1 Å². The number of piperazine rings is 1. The molecule has 41 heavy (non-hydrogen) atoms. The number of hydrogen-bond donors (Lipinski definition) is 1. The Kier molecular flexibility index (Phi) is 8.74. The van der Waals surface area contributed by atoms with Gasteiger partial charge in [-0.15, -0.1) is 0 Å². The number of hydrogen-bond acceptors (Lipinski definition) is 6. The summed E-state index contributed by atoms with van der Waals surface area (Å²) in [6, 6.07) is 12.1. The van der Waals surface area contributed by atoms with Crippen molar-refractivity contribution < 1.29 is 27.5 Å². The number of primary amides is 1. The molecule has 3 aromatic rings. The molecule has 8 nitrogen and oxygen atoms in total. The van der Waals surface area contributed by atoms with Crippen molar-refractivity contribution >= 4 is 23.2 Å². The standard InChI is InChI=1S/C30H34F3N5O3/c1-5-21-18-37(29(40)23-11-10-20(30(31,32)33)17-26(23)36(3)4)14-15-38(21)25-12-9-19(16-24(25)27(34)39)22-8-7-13-35-28(22)41-6-2/h7-13,16-17,21H,5-6,14-15,18H2,1-4H3,(H2,34,39)/t21-/m1/s1. The van der Waals surface area contributed by atoms with Gasteiger partial charge in [-0.25, -0.2) is 4.98 Å². The number of carbonyl (C=O) groups is 2. The minimum Gasteiger partial charge on any atom is -0.478 e. The number of nitrogens with zero attached hydrogens (tertiary/aromatic N) is 4. The van der Waals surface area contributed by atoms with Gasteiger partial charge in [0.25, 0.3) is 11.8 Å². The Hall–Kier alpha value is -4.28. The quantitative estimate of drug-likeness (QED) is 0.407. The Morgan fingerprint density at radius 3 is 2.46 bits per heavy atom. The maximum absolute atomic E-state index is 13.6. The third-order valence-electron chi connectivity index (χ3n) is 7.21. The second-order valence-electron chi connectivity index (χ2n) is 10.0. The van der Waals surface area contributed by atoms with Crippen LogP contribution in [0.25, 0.3) is 11.1 Å². The van der Waals surface area contributed by atoms with E-state index >= 15 is 0 Å². The van der Waals surface area contributed by atoms with Crippen molar-refractivity contribution in [2.45, 2.75) is 32.5 Å². The molecule has 0 unspecified atom stereocenters. The second-order valence-corrected chi connectivity index (χ2v) is 10.0. The Balaban J connectivity index is 1.62. The summed E-state index contributed by atoms with van der Waals surface area (Å²) < 4.78 is 45.6. The van der Waals surface area contributed by atoms with E-state index in [0.29, 0.717) is 49.8 Å². The smallest absolute Gasteiger partial charge is 0.416 e. The molecule has 218 valence electrons. The van der Waals surface area contributed by atoms with E-state index in [0.717, 1.165) is 23.3 Å². The first-order valence-corrected chi connectivity index (χ1v) is 13.4. The third kappa shape index (κ3) is 6.23. The molecule has 1 aliphatic rings. The number of pyridine rings is 1. The van der Waals surface area contributed by atoms with Crippen LogP contribution in [-0.4, -0.2) is 68.1 Å². The van der Waals surface area contributed by atoms with E-state index < -0.39 is 17.6 Å². The largest absolute Gasteiger partial charge is 0.478 e. The van der Waals surface area contributed by atoms with E-state index in [-0.39, 0.29) is 23.2 Å². The highest BCUT2D eigenvalue weighted by Gasteiger charge is 2.35. The number of nitrogens with two attached hydrogens (primary N) is 1. The first kappa shape index (κ1) is 29.7. The molecule has 1 saturated heterocycles. The normalized spacial score (nSPS) is 15.5. The van der Waals surface area contributed by atoms with Crippen molar-refractivity contribution in [3.05, 3.63) is 71.4 Å². The van der Waals surface area contributed by atoms with Crippen molar-refractivity contribution in [1.82, 2.24) is 9.88 Å². The number of aromatic nitrogens is 1. The zero-order valence-corrected chi connectivity index (χ0v) is 23.5. The molecule has 1 atom stereocenters. The molecule has 0 spiro atoms. The number of rotatable bonds is 8. The van der Waals surface area contributed by atoms with E-state index in [1.165, 1.54) is 11.0 Å². The van der Waals surface area contributed by atoms with E-state index in [2.05, 4.69) is 9.88 Å². The highest BCUT2D eigenvalue weighted by Crippen LogP contribution is 2.36. The van der Waals surface area contributed by atoms with Gasteiger partial charge in [-0.2, -0.15) is 13.2 Å². The van der Waals surface area contributed by atoms with Crippen LogP contribution < -0.4 is 20.3 Å². The van der Waals surface area contributed by atoms with Gasteiger partial charge in [-0.3, -0.25) is 9.59 Å². The van der Waals surface area contributed by atoms with Gasteiger partial charge in [0.15, 0.2) is 0 Å². The van der Waals surface area contributed by atoms with Crippen molar-refractivity contribution in [2.24, 2.45) is 5.73 Å². The topological polar surface area (TPSA) is 92.0 Å². The number of alkyl halides is 3. The fourth-order valence-electron chi connectivity index (χ4n) is 5.15. The van der Waals surface area contributed by atoms with Gasteiger partial charge in [0.05, 0.1) is 23.3 Å². The van der Waals surface area contributed by atoms with Crippen molar-refractivity contribution in [3.8, 4) is 17.0 Å². The van der Waals surface area contributed by atoms with Gasteiger partial charge in [-0.1, -0.05) is 13.0 Å². The summed E-state index contributed by atoms with van der Waals surface area (Å²) in [6.07, 6.45) is -2.22. The molecular weight excluding hydrogens is 535 g/mol. The predicted molar refractivity (Wildman–Crippen MR) is 152 cm³/mol. The summed E-state index contributed by atoms with van der Waals surface area (Å²) >= 11 is 0. The molecule has 2 N–H and O–H groups in total. The van der Waals surface area contributed by atoms with Crippen LogP contribution in [0.5, 0.6) is 5.88 Å². The summed E-state index contributed by atoms with van der Waals surface area (Å²) in [5.41, 5.74) is 7.89. The second kappa shape index (κ2) is 12.1. The van der Waals surface area contributed by atoms with E-state index in [4.69, 9.17) is 10.5 Å². The van der Waals surface area contributed by atoms with Crippen molar-refractivity contribution in [3.63, 3.8) is 0 Å². The van der Waals surface area contributed by atoms with Gasteiger partial charge in [0.1, 0.15) is 0 Å². The molecule has 1 fully saturated rings. The highest BCUT2D eigenvalue weighted by atomic mass is 19.4. The van der Waals surface area contributed by atoms with Gasteiger partial charge >= 0.3 is 6.18 Å². The minimum absolute atomic E-state index is 0.147. The molecule has 4 rings (SSSR count). The maximum atomic E-state index is 13.6. The van der Waals surface area contributed by atoms with E-state index in [1.807, 2.05) is 32.0 Å². The predicted octanol–water partition coefficient (Wildman–Crippen LogP) is 5.07. The van der Waals surface area contributed by atoms with Crippen LogP contribution >= 0.6 is 0 Å². The molecule has 2 heterocycles. The first-order valence-electron chi connectivity index (χ1n) is 13.4. The van der Waals surface area contributed by atoms with Gasteiger partial charge in [0.2, 0.25) is 5.88 Å².